The molecule has 0 saturated carbocycles. The predicted octanol–water partition coefficient (Wildman–Crippen LogP) is 5.02. The summed E-state index contributed by atoms with van der Waals surface area (Å²) in [6, 6.07) is 17.2. The molecule has 1 saturated heterocycles. The molecule has 0 amide bonds. The van der Waals surface area contributed by atoms with Crippen LogP contribution < -0.4 is 4.90 Å². The van der Waals surface area contributed by atoms with E-state index in [4.69, 9.17) is 4.98 Å². The summed E-state index contributed by atoms with van der Waals surface area (Å²) in [7, 11) is -3.33. The van der Waals surface area contributed by atoms with Gasteiger partial charge in [-0.25, -0.2) is 13.4 Å². The van der Waals surface area contributed by atoms with E-state index in [1.807, 2.05) is 24.3 Å². The number of halogens is 1. The molecule has 4 rings (SSSR count). The Hall–Kier alpha value is -1.70. The molecule has 0 unspecified atom stereocenters. The first kappa shape index (κ1) is 18.7. The molecule has 1 aliphatic rings. The van der Waals surface area contributed by atoms with Crippen molar-refractivity contribution in [3.63, 3.8) is 0 Å². The van der Waals surface area contributed by atoms with Crippen LogP contribution >= 0.6 is 27.3 Å². The molecule has 3 aromatic rings. The Morgan fingerprint density at radius 2 is 1.67 bits per heavy atom. The van der Waals surface area contributed by atoms with Gasteiger partial charge in [0.15, 0.2) is 15.0 Å². The molecule has 0 bridgehead atoms. The summed E-state index contributed by atoms with van der Waals surface area (Å²) < 4.78 is 26.6. The quantitative estimate of drug-likeness (QED) is 0.546. The summed E-state index contributed by atoms with van der Waals surface area (Å²) in [6.07, 6.45) is 1.23. The van der Waals surface area contributed by atoms with Gasteiger partial charge in [-0.1, -0.05) is 42.5 Å². The minimum atomic E-state index is -3.33. The van der Waals surface area contributed by atoms with E-state index < -0.39 is 9.84 Å². The van der Waals surface area contributed by atoms with Gasteiger partial charge >= 0.3 is 0 Å². The van der Waals surface area contributed by atoms with Crippen LogP contribution in [-0.2, 0) is 9.84 Å². The Kier molecular flexibility index (Phi) is 5.34. The van der Waals surface area contributed by atoms with Crippen LogP contribution in [0.15, 0.2) is 69.3 Å². The van der Waals surface area contributed by atoms with Crippen molar-refractivity contribution in [2.24, 2.45) is 0 Å². The largest absolute Gasteiger partial charge is 0.348 e. The monoisotopic (exact) mass is 462 g/mol. The van der Waals surface area contributed by atoms with E-state index in [2.05, 4.69) is 38.3 Å². The maximum absolute atomic E-state index is 13.0. The van der Waals surface area contributed by atoms with E-state index in [9.17, 15) is 8.42 Å². The normalized spacial score (nSPS) is 15.8. The van der Waals surface area contributed by atoms with Crippen molar-refractivity contribution < 1.29 is 8.42 Å². The number of anilines is 1. The number of hydrogen-bond donors (Lipinski definition) is 0. The van der Waals surface area contributed by atoms with Gasteiger partial charge in [-0.3, -0.25) is 0 Å². The average molecular weight is 463 g/mol. The van der Waals surface area contributed by atoms with Gasteiger partial charge in [0.25, 0.3) is 0 Å². The summed E-state index contributed by atoms with van der Waals surface area (Å²) in [5, 5.41) is 2.68. The molecule has 1 fully saturated rings. The van der Waals surface area contributed by atoms with Gasteiger partial charge in [0, 0.05) is 28.5 Å². The highest BCUT2D eigenvalue weighted by molar-refractivity contribution is 9.10. The van der Waals surface area contributed by atoms with Crippen molar-refractivity contribution in [2.75, 3.05) is 18.0 Å². The van der Waals surface area contributed by atoms with Crippen LogP contribution in [-0.4, -0.2) is 31.7 Å². The van der Waals surface area contributed by atoms with Crippen LogP contribution in [0.2, 0.25) is 0 Å². The Labute approximate surface area is 171 Å². The molecule has 1 aliphatic heterocycles. The molecule has 140 valence electrons. The van der Waals surface area contributed by atoms with Crippen LogP contribution in [0.1, 0.15) is 12.8 Å². The zero-order valence-electron chi connectivity index (χ0n) is 14.6. The lowest BCUT2D eigenvalue weighted by Crippen LogP contribution is -2.39. The maximum atomic E-state index is 13.0. The van der Waals surface area contributed by atoms with Crippen LogP contribution in [0, 0.1) is 0 Å². The molecule has 0 aliphatic carbocycles. The maximum Gasteiger partial charge on any atom is 0.185 e. The molecule has 1 aromatic heterocycles. The predicted molar refractivity (Wildman–Crippen MR) is 114 cm³/mol. The van der Waals surface area contributed by atoms with Crippen LogP contribution in [0.3, 0.4) is 0 Å². The van der Waals surface area contributed by atoms with E-state index in [0.29, 0.717) is 35.3 Å². The van der Waals surface area contributed by atoms with Gasteiger partial charge in [-0.15, -0.1) is 11.3 Å². The third-order valence-corrected chi connectivity index (χ3v) is 9.03. The van der Waals surface area contributed by atoms with Crippen LogP contribution in [0.5, 0.6) is 0 Å². The molecular formula is C20H19BrN2O2S2. The van der Waals surface area contributed by atoms with E-state index in [0.717, 1.165) is 16.4 Å². The number of benzene rings is 2. The van der Waals surface area contributed by atoms with Crippen molar-refractivity contribution >= 4 is 42.2 Å². The van der Waals surface area contributed by atoms with E-state index in [1.54, 1.807) is 29.5 Å². The number of piperidine rings is 1. The molecule has 7 heteroatoms. The van der Waals surface area contributed by atoms with E-state index >= 15 is 0 Å². The summed E-state index contributed by atoms with van der Waals surface area (Å²) in [5.74, 6) is 0. The molecule has 0 spiro atoms. The second-order valence-electron chi connectivity index (χ2n) is 6.54. The smallest absolute Gasteiger partial charge is 0.185 e. The summed E-state index contributed by atoms with van der Waals surface area (Å²) >= 11 is 4.99. The summed E-state index contributed by atoms with van der Waals surface area (Å²) in [4.78, 5) is 7.34. The standard InChI is InChI=1S/C20H19BrN2O2S2/c21-17-8-4-5-9-19(17)27(24,25)16-10-12-23(13-11-16)20-22-18(14-26-20)15-6-2-1-3-7-15/h1-9,14,16H,10-13H2. The van der Waals surface area contributed by atoms with Crippen molar-refractivity contribution in [3.05, 3.63) is 64.5 Å². The SMILES string of the molecule is O=S(=O)(c1ccccc1Br)C1CCN(c2nc(-c3ccccc3)cs2)CC1. The number of thiazole rings is 1. The summed E-state index contributed by atoms with van der Waals surface area (Å²) in [6.45, 7) is 1.41. The molecule has 0 N–H and O–H groups in total. The van der Waals surface area contributed by atoms with Crippen LogP contribution in [0.25, 0.3) is 11.3 Å². The zero-order valence-corrected chi connectivity index (χ0v) is 17.8. The fraction of sp³-hybridized carbons (Fsp3) is 0.250. The number of aromatic nitrogens is 1. The number of nitrogens with zero attached hydrogens (tertiary/aromatic N) is 2. The first-order valence-corrected chi connectivity index (χ1v) is 12.0. The molecular weight excluding hydrogens is 444 g/mol. The molecule has 2 aromatic carbocycles. The lowest BCUT2D eigenvalue weighted by Gasteiger charge is -2.31. The highest BCUT2D eigenvalue weighted by atomic mass is 79.9. The van der Waals surface area contributed by atoms with Gasteiger partial charge in [0.2, 0.25) is 0 Å². The minimum Gasteiger partial charge on any atom is -0.348 e. The first-order chi connectivity index (χ1) is 13.1. The molecule has 0 radical (unpaired) electrons. The second-order valence-corrected chi connectivity index (χ2v) is 10.4. The second kappa shape index (κ2) is 7.73. The van der Waals surface area contributed by atoms with Crippen molar-refractivity contribution in [1.29, 1.82) is 0 Å². The number of rotatable bonds is 4. The molecule has 4 nitrogen and oxygen atoms in total. The Morgan fingerprint density at radius 1 is 1.00 bits per heavy atom. The van der Waals surface area contributed by atoms with Crippen molar-refractivity contribution in [3.8, 4) is 11.3 Å². The Morgan fingerprint density at radius 3 is 2.37 bits per heavy atom. The van der Waals surface area contributed by atoms with Gasteiger partial charge in [-0.2, -0.15) is 0 Å². The third-order valence-electron chi connectivity index (χ3n) is 4.86. The molecule has 2 heterocycles. The van der Waals surface area contributed by atoms with Crippen molar-refractivity contribution in [2.45, 2.75) is 23.0 Å². The minimum absolute atomic E-state index is 0.346. The van der Waals surface area contributed by atoms with E-state index in [-0.39, 0.29) is 5.25 Å². The third kappa shape index (κ3) is 3.81. The highest BCUT2D eigenvalue weighted by Crippen LogP contribution is 2.33. The topological polar surface area (TPSA) is 50.3 Å². The first-order valence-electron chi connectivity index (χ1n) is 8.80. The zero-order chi connectivity index (χ0) is 18.9. The van der Waals surface area contributed by atoms with Crippen molar-refractivity contribution in [1.82, 2.24) is 4.98 Å². The average Bonchev–Trinajstić information content (AvgIpc) is 3.19. The fourth-order valence-corrected chi connectivity index (χ4v) is 7.01. The van der Waals surface area contributed by atoms with Crippen LogP contribution in [0.4, 0.5) is 5.13 Å². The number of sulfone groups is 1. The molecule has 27 heavy (non-hydrogen) atoms. The number of hydrogen-bond acceptors (Lipinski definition) is 5. The summed E-state index contributed by atoms with van der Waals surface area (Å²) in [5.41, 5.74) is 2.07. The molecule has 0 atom stereocenters. The highest BCUT2D eigenvalue weighted by Gasteiger charge is 2.33. The Balaban J connectivity index is 1.47. The van der Waals surface area contributed by atoms with Gasteiger partial charge in [-0.05, 0) is 40.9 Å². The van der Waals surface area contributed by atoms with Gasteiger partial charge < -0.3 is 4.90 Å². The lowest BCUT2D eigenvalue weighted by atomic mass is 10.1. The Bertz CT molecular complexity index is 1030. The fourth-order valence-electron chi connectivity index (χ4n) is 3.36. The van der Waals surface area contributed by atoms with Gasteiger partial charge in [0.1, 0.15) is 0 Å². The van der Waals surface area contributed by atoms with E-state index in [1.165, 1.54) is 0 Å². The van der Waals surface area contributed by atoms with Gasteiger partial charge in [0.05, 0.1) is 15.8 Å². The lowest BCUT2D eigenvalue weighted by molar-refractivity contribution is 0.529.